The maximum atomic E-state index is 12.7. The van der Waals surface area contributed by atoms with Crippen LogP contribution < -0.4 is 9.47 Å². The number of rotatable bonds is 5. The summed E-state index contributed by atoms with van der Waals surface area (Å²) in [6, 6.07) is 6.06. The number of likely N-dealkylation sites (N-methyl/N-ethyl adjacent to an activating group) is 1. The van der Waals surface area contributed by atoms with Gasteiger partial charge in [-0.05, 0) is 50.6 Å². The fourth-order valence-electron chi connectivity index (χ4n) is 2.92. The summed E-state index contributed by atoms with van der Waals surface area (Å²) in [6.07, 6.45) is 7.47. The van der Waals surface area contributed by atoms with Gasteiger partial charge in [-0.3, -0.25) is 4.79 Å². The zero-order chi connectivity index (χ0) is 17.1. The maximum Gasteiger partial charge on any atom is 0.251 e. The van der Waals surface area contributed by atoms with Crippen molar-refractivity contribution in [1.29, 1.82) is 0 Å². The van der Waals surface area contributed by atoms with E-state index >= 15 is 0 Å². The van der Waals surface area contributed by atoms with Gasteiger partial charge in [0.15, 0.2) is 11.5 Å². The standard InChI is InChI=1S/C19H24N2O3/c1-4-21-9-5-6-16(12-21)19(22)20(3)14(2)10-15-7-8-17-18(11-15)24-13-23-17/h5,7-9,11-12,14H,4,6,10,13H2,1-3H3. The number of amides is 1. The Balaban J connectivity index is 1.65. The molecule has 5 nitrogen and oxygen atoms in total. The molecule has 128 valence electrons. The van der Waals surface area contributed by atoms with E-state index in [0.29, 0.717) is 6.42 Å². The van der Waals surface area contributed by atoms with Gasteiger partial charge in [0.2, 0.25) is 6.79 Å². The van der Waals surface area contributed by atoms with Gasteiger partial charge in [-0.1, -0.05) is 12.1 Å². The molecule has 3 rings (SSSR count). The molecule has 2 aliphatic rings. The van der Waals surface area contributed by atoms with Crippen LogP contribution in [0.2, 0.25) is 0 Å². The minimum Gasteiger partial charge on any atom is -0.454 e. The van der Waals surface area contributed by atoms with Crippen LogP contribution in [0.25, 0.3) is 0 Å². The Bertz CT molecular complexity index is 681. The van der Waals surface area contributed by atoms with E-state index in [0.717, 1.165) is 35.6 Å². The highest BCUT2D eigenvalue weighted by Gasteiger charge is 2.22. The van der Waals surface area contributed by atoms with Crippen LogP contribution in [0.5, 0.6) is 11.5 Å². The van der Waals surface area contributed by atoms with Gasteiger partial charge in [0.1, 0.15) is 0 Å². The number of carbonyl (C=O) groups excluding carboxylic acids is 1. The Morgan fingerprint density at radius 3 is 2.92 bits per heavy atom. The zero-order valence-corrected chi connectivity index (χ0v) is 14.5. The first kappa shape index (κ1) is 16.4. The Kier molecular flexibility index (Phi) is 4.79. The summed E-state index contributed by atoms with van der Waals surface area (Å²) >= 11 is 0. The lowest BCUT2D eigenvalue weighted by atomic mass is 10.0. The van der Waals surface area contributed by atoms with Gasteiger partial charge in [0, 0.05) is 31.4 Å². The molecular weight excluding hydrogens is 304 g/mol. The Morgan fingerprint density at radius 1 is 1.33 bits per heavy atom. The molecule has 0 saturated heterocycles. The molecule has 0 bridgehead atoms. The van der Waals surface area contributed by atoms with Crippen molar-refractivity contribution < 1.29 is 14.3 Å². The highest BCUT2D eigenvalue weighted by atomic mass is 16.7. The third-order valence-electron chi connectivity index (χ3n) is 4.55. The molecule has 0 radical (unpaired) electrons. The van der Waals surface area contributed by atoms with Gasteiger partial charge >= 0.3 is 0 Å². The summed E-state index contributed by atoms with van der Waals surface area (Å²) in [4.78, 5) is 16.6. The molecular formula is C19H24N2O3. The minimum absolute atomic E-state index is 0.0889. The van der Waals surface area contributed by atoms with Crippen molar-refractivity contribution >= 4 is 5.91 Å². The third kappa shape index (κ3) is 3.40. The average molecular weight is 328 g/mol. The third-order valence-corrected chi connectivity index (χ3v) is 4.55. The van der Waals surface area contributed by atoms with Gasteiger partial charge in [0.25, 0.3) is 5.91 Å². The first-order chi connectivity index (χ1) is 11.6. The lowest BCUT2D eigenvalue weighted by Gasteiger charge is -2.28. The van der Waals surface area contributed by atoms with E-state index in [-0.39, 0.29) is 18.7 Å². The predicted molar refractivity (Wildman–Crippen MR) is 92.7 cm³/mol. The Labute approximate surface area is 143 Å². The zero-order valence-electron chi connectivity index (χ0n) is 14.5. The van der Waals surface area contributed by atoms with Crippen molar-refractivity contribution in [1.82, 2.24) is 9.80 Å². The highest BCUT2D eigenvalue weighted by molar-refractivity contribution is 5.93. The molecule has 0 aromatic heterocycles. The lowest BCUT2D eigenvalue weighted by Crippen LogP contribution is -2.38. The van der Waals surface area contributed by atoms with E-state index < -0.39 is 0 Å². The molecule has 1 amide bonds. The molecule has 5 heteroatoms. The van der Waals surface area contributed by atoms with Gasteiger partial charge in [0.05, 0.1) is 0 Å². The van der Waals surface area contributed by atoms with Crippen molar-refractivity contribution in [2.75, 3.05) is 20.4 Å². The number of hydrogen-bond acceptors (Lipinski definition) is 4. The molecule has 1 aromatic carbocycles. The molecule has 2 heterocycles. The number of carbonyl (C=O) groups is 1. The number of nitrogens with zero attached hydrogens (tertiary/aromatic N) is 2. The Hall–Kier alpha value is -2.43. The summed E-state index contributed by atoms with van der Waals surface area (Å²) in [7, 11) is 1.87. The fourth-order valence-corrected chi connectivity index (χ4v) is 2.92. The van der Waals surface area contributed by atoms with Crippen molar-refractivity contribution in [3.8, 4) is 11.5 Å². The SMILES string of the molecule is CCN1C=CCC(C(=O)N(C)C(C)Cc2ccc3c(c2)OCO3)=C1. The van der Waals surface area contributed by atoms with Crippen LogP contribution in [-0.4, -0.2) is 42.1 Å². The quantitative estimate of drug-likeness (QED) is 0.833. The molecule has 0 fully saturated rings. The van der Waals surface area contributed by atoms with E-state index in [4.69, 9.17) is 9.47 Å². The molecule has 0 aliphatic carbocycles. The molecule has 1 aromatic rings. The highest BCUT2D eigenvalue weighted by Crippen LogP contribution is 2.33. The number of benzene rings is 1. The Morgan fingerprint density at radius 2 is 2.12 bits per heavy atom. The summed E-state index contributed by atoms with van der Waals surface area (Å²) in [5.74, 6) is 1.66. The summed E-state index contributed by atoms with van der Waals surface area (Å²) in [5.41, 5.74) is 1.97. The van der Waals surface area contributed by atoms with Crippen LogP contribution in [0, 0.1) is 0 Å². The summed E-state index contributed by atoms with van der Waals surface area (Å²) in [5, 5.41) is 0. The largest absolute Gasteiger partial charge is 0.454 e. The molecule has 0 spiro atoms. The molecule has 24 heavy (non-hydrogen) atoms. The van der Waals surface area contributed by atoms with Gasteiger partial charge in [-0.15, -0.1) is 0 Å². The average Bonchev–Trinajstić information content (AvgIpc) is 3.08. The van der Waals surface area contributed by atoms with Gasteiger partial charge in [-0.25, -0.2) is 0 Å². The second kappa shape index (κ2) is 6.99. The van der Waals surface area contributed by atoms with E-state index in [1.807, 2.05) is 53.5 Å². The molecule has 0 saturated carbocycles. The molecule has 2 aliphatic heterocycles. The number of hydrogen-bond donors (Lipinski definition) is 0. The smallest absolute Gasteiger partial charge is 0.251 e. The van der Waals surface area contributed by atoms with Crippen molar-refractivity contribution in [2.45, 2.75) is 32.7 Å². The maximum absolute atomic E-state index is 12.7. The minimum atomic E-state index is 0.0889. The molecule has 0 N–H and O–H groups in total. The number of fused-ring (bicyclic) bond motifs is 1. The van der Waals surface area contributed by atoms with Crippen LogP contribution in [0.4, 0.5) is 0 Å². The predicted octanol–water partition coefficient (Wildman–Crippen LogP) is 2.93. The second-order valence-electron chi connectivity index (χ2n) is 6.23. The van der Waals surface area contributed by atoms with Crippen LogP contribution in [-0.2, 0) is 11.2 Å². The summed E-state index contributed by atoms with van der Waals surface area (Å²) in [6.45, 7) is 5.28. The first-order valence-electron chi connectivity index (χ1n) is 8.37. The van der Waals surface area contributed by atoms with Gasteiger partial charge < -0.3 is 19.3 Å². The van der Waals surface area contributed by atoms with Crippen LogP contribution >= 0.6 is 0 Å². The number of ether oxygens (including phenoxy) is 2. The normalized spacial score (nSPS) is 16.8. The van der Waals surface area contributed by atoms with Crippen molar-refractivity contribution in [3.63, 3.8) is 0 Å². The van der Waals surface area contributed by atoms with Crippen molar-refractivity contribution in [2.24, 2.45) is 0 Å². The van der Waals surface area contributed by atoms with E-state index in [9.17, 15) is 4.79 Å². The topological polar surface area (TPSA) is 42.0 Å². The summed E-state index contributed by atoms with van der Waals surface area (Å²) < 4.78 is 10.8. The van der Waals surface area contributed by atoms with Gasteiger partial charge in [-0.2, -0.15) is 0 Å². The van der Waals surface area contributed by atoms with Crippen LogP contribution in [0.3, 0.4) is 0 Å². The molecule has 1 atom stereocenters. The number of allylic oxidation sites excluding steroid dienone is 1. The fraction of sp³-hybridized carbons (Fsp3) is 0.421. The van der Waals surface area contributed by atoms with E-state index in [1.165, 1.54) is 0 Å². The monoisotopic (exact) mass is 328 g/mol. The first-order valence-corrected chi connectivity index (χ1v) is 8.37. The van der Waals surface area contributed by atoms with E-state index in [1.54, 1.807) is 0 Å². The molecule has 1 unspecified atom stereocenters. The van der Waals surface area contributed by atoms with Crippen LogP contribution in [0.1, 0.15) is 25.8 Å². The van der Waals surface area contributed by atoms with E-state index in [2.05, 4.69) is 13.8 Å². The van der Waals surface area contributed by atoms with Crippen molar-refractivity contribution in [3.05, 3.63) is 47.8 Å². The second-order valence-corrected chi connectivity index (χ2v) is 6.23. The van der Waals surface area contributed by atoms with Crippen LogP contribution in [0.15, 0.2) is 42.2 Å². The lowest BCUT2D eigenvalue weighted by molar-refractivity contribution is -0.127.